The number of piperidine rings is 1. The molecule has 1 aliphatic rings. The molecule has 2 aromatic carbocycles. The van der Waals surface area contributed by atoms with Gasteiger partial charge in [-0.05, 0) is 81.6 Å². The van der Waals surface area contributed by atoms with Crippen LogP contribution in [-0.4, -0.2) is 50.5 Å². The van der Waals surface area contributed by atoms with E-state index in [-0.39, 0.29) is 18.0 Å². The minimum atomic E-state index is 0.145. The number of thioether (sulfide) groups is 1. The van der Waals surface area contributed by atoms with Crippen LogP contribution in [-0.2, 0) is 4.79 Å². The fourth-order valence-electron chi connectivity index (χ4n) is 4.23. The number of benzene rings is 2. The number of carbonyl (C=O) groups is 1. The molecule has 0 N–H and O–H groups in total. The van der Waals surface area contributed by atoms with Crippen molar-refractivity contribution in [3.63, 3.8) is 0 Å². The van der Waals surface area contributed by atoms with Gasteiger partial charge < -0.3 is 9.64 Å². The fourth-order valence-corrected chi connectivity index (χ4v) is 5.17. The van der Waals surface area contributed by atoms with Gasteiger partial charge in [0.05, 0.1) is 12.9 Å². The quantitative estimate of drug-likeness (QED) is 0.446. The standard InChI is InChI=1S/C24H27ClN4O2S/c1-16-5-4-6-17(2)28(16)22(30)15-32-24-27-26-23(18-7-9-19(25)10-8-18)29(24)20-11-13-21(31-3)14-12-20/h7-14,16-17H,4-6,15H2,1-3H3/t16-,17+. The number of aromatic nitrogens is 3. The second kappa shape index (κ2) is 9.96. The molecule has 2 heterocycles. The van der Waals surface area contributed by atoms with Crippen molar-refractivity contribution in [2.75, 3.05) is 12.9 Å². The predicted octanol–water partition coefficient (Wildman–Crippen LogP) is 5.48. The van der Waals surface area contributed by atoms with E-state index < -0.39 is 0 Å². The molecular weight excluding hydrogens is 444 g/mol. The van der Waals surface area contributed by atoms with Gasteiger partial charge in [-0.1, -0.05) is 23.4 Å². The van der Waals surface area contributed by atoms with Gasteiger partial charge in [0.2, 0.25) is 5.91 Å². The SMILES string of the molecule is COc1ccc(-n2c(SCC(=O)N3[C@H](C)CCC[C@@H]3C)nnc2-c2ccc(Cl)cc2)cc1. The Bertz CT molecular complexity index is 1060. The Morgan fingerprint density at radius 2 is 1.72 bits per heavy atom. The molecule has 1 saturated heterocycles. The van der Waals surface area contributed by atoms with Crippen LogP contribution in [0.5, 0.6) is 5.75 Å². The van der Waals surface area contributed by atoms with Gasteiger partial charge in [-0.2, -0.15) is 0 Å². The lowest BCUT2D eigenvalue weighted by Gasteiger charge is -2.39. The number of hydrogen-bond acceptors (Lipinski definition) is 5. The number of methoxy groups -OCH3 is 1. The van der Waals surface area contributed by atoms with Crippen molar-refractivity contribution >= 4 is 29.3 Å². The summed E-state index contributed by atoms with van der Waals surface area (Å²) in [5.41, 5.74) is 1.80. The van der Waals surface area contributed by atoms with Gasteiger partial charge in [0, 0.05) is 28.4 Å². The number of carbonyl (C=O) groups excluding carboxylic acids is 1. The third-order valence-corrected chi connectivity index (χ3v) is 7.04. The normalized spacial score (nSPS) is 18.6. The highest BCUT2D eigenvalue weighted by Gasteiger charge is 2.29. The smallest absolute Gasteiger partial charge is 0.233 e. The molecule has 1 aliphatic heterocycles. The van der Waals surface area contributed by atoms with Crippen LogP contribution in [0.2, 0.25) is 5.02 Å². The van der Waals surface area contributed by atoms with E-state index in [1.54, 1.807) is 7.11 Å². The molecule has 0 radical (unpaired) electrons. The highest BCUT2D eigenvalue weighted by Crippen LogP contribution is 2.31. The molecule has 1 amide bonds. The van der Waals surface area contributed by atoms with E-state index >= 15 is 0 Å². The van der Waals surface area contributed by atoms with Gasteiger partial charge in [-0.25, -0.2) is 0 Å². The van der Waals surface area contributed by atoms with E-state index in [0.29, 0.717) is 21.8 Å². The average molecular weight is 471 g/mol. The Kier molecular flexibility index (Phi) is 7.06. The molecule has 2 atom stereocenters. The lowest BCUT2D eigenvalue weighted by molar-refractivity contribution is -0.134. The highest BCUT2D eigenvalue weighted by atomic mass is 35.5. The zero-order chi connectivity index (χ0) is 22.7. The molecule has 3 aromatic rings. The number of amides is 1. The Labute approximate surface area is 197 Å². The Balaban J connectivity index is 1.64. The van der Waals surface area contributed by atoms with Gasteiger partial charge in [-0.15, -0.1) is 10.2 Å². The Hall–Kier alpha value is -2.51. The van der Waals surface area contributed by atoms with E-state index in [9.17, 15) is 4.79 Å². The molecule has 168 valence electrons. The maximum absolute atomic E-state index is 13.1. The van der Waals surface area contributed by atoms with E-state index in [4.69, 9.17) is 16.3 Å². The number of halogens is 1. The molecule has 0 saturated carbocycles. The van der Waals surface area contributed by atoms with Crippen LogP contribution in [0.25, 0.3) is 17.1 Å². The van der Waals surface area contributed by atoms with Crippen LogP contribution in [0.1, 0.15) is 33.1 Å². The second-order valence-corrected chi connectivity index (χ2v) is 9.44. The zero-order valence-electron chi connectivity index (χ0n) is 18.5. The number of rotatable bonds is 6. The second-order valence-electron chi connectivity index (χ2n) is 8.07. The van der Waals surface area contributed by atoms with Gasteiger partial charge >= 0.3 is 0 Å². The first kappa shape index (κ1) is 22.7. The number of nitrogens with zero attached hydrogens (tertiary/aromatic N) is 4. The van der Waals surface area contributed by atoms with Crippen LogP contribution in [0, 0.1) is 0 Å². The van der Waals surface area contributed by atoms with Crippen molar-refractivity contribution in [1.82, 2.24) is 19.7 Å². The molecule has 8 heteroatoms. The fraction of sp³-hybridized carbons (Fsp3) is 0.375. The molecule has 0 bridgehead atoms. The summed E-state index contributed by atoms with van der Waals surface area (Å²) in [6.07, 6.45) is 3.29. The minimum Gasteiger partial charge on any atom is -0.497 e. The summed E-state index contributed by atoms with van der Waals surface area (Å²) >= 11 is 7.49. The van der Waals surface area contributed by atoms with Gasteiger partial charge in [0.1, 0.15) is 5.75 Å². The summed E-state index contributed by atoms with van der Waals surface area (Å²) in [5, 5.41) is 10.2. The third-order valence-electron chi connectivity index (χ3n) is 5.87. The summed E-state index contributed by atoms with van der Waals surface area (Å²) in [7, 11) is 1.64. The molecule has 32 heavy (non-hydrogen) atoms. The first-order valence-corrected chi connectivity index (χ1v) is 12.1. The summed E-state index contributed by atoms with van der Waals surface area (Å²) in [6.45, 7) is 4.27. The zero-order valence-corrected chi connectivity index (χ0v) is 20.1. The Morgan fingerprint density at radius 3 is 2.34 bits per heavy atom. The first-order chi connectivity index (χ1) is 15.5. The maximum atomic E-state index is 13.1. The summed E-state index contributed by atoms with van der Waals surface area (Å²) in [4.78, 5) is 15.1. The highest BCUT2D eigenvalue weighted by molar-refractivity contribution is 7.99. The van der Waals surface area contributed by atoms with Crippen LogP contribution >= 0.6 is 23.4 Å². The average Bonchev–Trinajstić information content (AvgIpc) is 3.22. The summed E-state index contributed by atoms with van der Waals surface area (Å²) < 4.78 is 7.28. The molecule has 6 nitrogen and oxygen atoms in total. The number of hydrogen-bond donors (Lipinski definition) is 0. The van der Waals surface area contributed by atoms with Gasteiger partial charge in [0.15, 0.2) is 11.0 Å². The lowest BCUT2D eigenvalue weighted by Crippen LogP contribution is -2.48. The largest absolute Gasteiger partial charge is 0.497 e. The monoisotopic (exact) mass is 470 g/mol. The lowest BCUT2D eigenvalue weighted by atomic mass is 9.98. The maximum Gasteiger partial charge on any atom is 0.233 e. The minimum absolute atomic E-state index is 0.145. The van der Waals surface area contributed by atoms with Crippen LogP contribution in [0.3, 0.4) is 0 Å². The molecule has 0 spiro atoms. The topological polar surface area (TPSA) is 60.2 Å². The molecule has 1 fully saturated rings. The number of likely N-dealkylation sites (tertiary alicyclic amines) is 1. The molecule has 1 aromatic heterocycles. The van der Waals surface area contributed by atoms with Crippen molar-refractivity contribution in [3.8, 4) is 22.8 Å². The van der Waals surface area contributed by atoms with Crippen molar-refractivity contribution < 1.29 is 9.53 Å². The van der Waals surface area contributed by atoms with Crippen LogP contribution in [0.15, 0.2) is 53.7 Å². The molecule has 4 rings (SSSR count). The van der Waals surface area contributed by atoms with E-state index in [1.807, 2.05) is 58.0 Å². The van der Waals surface area contributed by atoms with Crippen LogP contribution < -0.4 is 4.74 Å². The van der Waals surface area contributed by atoms with E-state index in [2.05, 4.69) is 24.0 Å². The predicted molar refractivity (Wildman–Crippen MR) is 129 cm³/mol. The van der Waals surface area contributed by atoms with Crippen LogP contribution in [0.4, 0.5) is 0 Å². The molecular formula is C24H27ClN4O2S. The van der Waals surface area contributed by atoms with Crippen molar-refractivity contribution in [3.05, 3.63) is 53.6 Å². The molecule has 0 aliphatic carbocycles. The van der Waals surface area contributed by atoms with Crippen molar-refractivity contribution in [2.24, 2.45) is 0 Å². The van der Waals surface area contributed by atoms with Crippen molar-refractivity contribution in [2.45, 2.75) is 50.4 Å². The Morgan fingerprint density at radius 1 is 1.06 bits per heavy atom. The molecule has 0 unspecified atom stereocenters. The third kappa shape index (κ3) is 4.79. The van der Waals surface area contributed by atoms with Gasteiger partial charge in [0.25, 0.3) is 0 Å². The van der Waals surface area contributed by atoms with E-state index in [1.165, 1.54) is 18.2 Å². The summed E-state index contributed by atoms with van der Waals surface area (Å²) in [6, 6.07) is 15.8. The summed E-state index contributed by atoms with van der Waals surface area (Å²) in [5.74, 6) is 1.93. The number of ether oxygens (including phenoxy) is 1. The van der Waals surface area contributed by atoms with Crippen molar-refractivity contribution in [1.29, 1.82) is 0 Å². The van der Waals surface area contributed by atoms with E-state index in [0.717, 1.165) is 29.8 Å². The van der Waals surface area contributed by atoms with Gasteiger partial charge in [-0.3, -0.25) is 9.36 Å². The first-order valence-electron chi connectivity index (χ1n) is 10.8.